The second kappa shape index (κ2) is 6.66. The molecular weight excluding hydrogens is 262 g/mol. The van der Waals surface area contributed by atoms with Crippen molar-refractivity contribution in [3.8, 4) is 0 Å². The summed E-state index contributed by atoms with van der Waals surface area (Å²) in [6.45, 7) is 11.7. The topological polar surface area (TPSA) is 44.4 Å². The summed E-state index contributed by atoms with van der Waals surface area (Å²) in [7, 11) is 2.18. The number of piperidine rings is 2. The maximum Gasteiger partial charge on any atom is 0.226 e. The third-order valence-corrected chi connectivity index (χ3v) is 5.77. The van der Waals surface area contributed by atoms with Gasteiger partial charge in [-0.05, 0) is 70.2 Å². The summed E-state index contributed by atoms with van der Waals surface area (Å²) in [4.78, 5) is 15.0. The molecule has 2 saturated heterocycles. The first-order chi connectivity index (χ1) is 9.83. The van der Waals surface area contributed by atoms with E-state index >= 15 is 0 Å². The maximum atomic E-state index is 12.7. The number of hydrogen-bond donors (Lipinski definition) is 2. The van der Waals surface area contributed by atoms with Gasteiger partial charge in [0.25, 0.3) is 0 Å². The number of hydrogen-bond acceptors (Lipinski definition) is 3. The molecule has 2 N–H and O–H groups in total. The van der Waals surface area contributed by atoms with E-state index < -0.39 is 0 Å². The van der Waals surface area contributed by atoms with Gasteiger partial charge < -0.3 is 15.5 Å². The van der Waals surface area contributed by atoms with Gasteiger partial charge in [0.1, 0.15) is 0 Å². The van der Waals surface area contributed by atoms with Gasteiger partial charge >= 0.3 is 0 Å². The fourth-order valence-corrected chi connectivity index (χ4v) is 3.51. The molecule has 2 rings (SSSR count). The minimum Gasteiger partial charge on any atom is -0.355 e. The van der Waals surface area contributed by atoms with E-state index in [0.717, 1.165) is 39.1 Å². The number of nitrogens with zero attached hydrogens (tertiary/aromatic N) is 1. The van der Waals surface area contributed by atoms with Crippen molar-refractivity contribution in [2.24, 2.45) is 16.7 Å². The molecule has 1 unspecified atom stereocenters. The van der Waals surface area contributed by atoms with Crippen molar-refractivity contribution >= 4 is 5.91 Å². The minimum atomic E-state index is -0.269. The van der Waals surface area contributed by atoms with Crippen molar-refractivity contribution in [1.82, 2.24) is 15.5 Å². The standard InChI is InChI=1S/C17H33N3O/c1-16(2,14-6-5-9-18-12-14)15(21)19-13-17(3)7-10-20(4)11-8-17/h14,18H,5-13H2,1-4H3,(H,19,21). The number of rotatable bonds is 4. The summed E-state index contributed by atoms with van der Waals surface area (Å²) < 4.78 is 0. The smallest absolute Gasteiger partial charge is 0.226 e. The second-order valence-corrected chi connectivity index (χ2v) is 8.06. The zero-order chi connectivity index (χ0) is 15.5. The van der Waals surface area contributed by atoms with Crippen LogP contribution in [0.5, 0.6) is 0 Å². The van der Waals surface area contributed by atoms with Gasteiger partial charge in [-0.2, -0.15) is 0 Å². The van der Waals surface area contributed by atoms with Gasteiger partial charge in [0.15, 0.2) is 0 Å². The highest BCUT2D eigenvalue weighted by atomic mass is 16.2. The molecule has 0 aromatic rings. The Morgan fingerprint density at radius 3 is 2.62 bits per heavy atom. The van der Waals surface area contributed by atoms with Crippen LogP contribution >= 0.6 is 0 Å². The maximum absolute atomic E-state index is 12.7. The number of carbonyl (C=O) groups excluding carboxylic acids is 1. The quantitative estimate of drug-likeness (QED) is 0.832. The third kappa shape index (κ3) is 4.19. The number of carbonyl (C=O) groups is 1. The summed E-state index contributed by atoms with van der Waals surface area (Å²) in [5.41, 5.74) is -0.00168. The first kappa shape index (κ1) is 16.8. The molecule has 0 aromatic carbocycles. The molecule has 0 spiro atoms. The van der Waals surface area contributed by atoms with Crippen LogP contribution in [0, 0.1) is 16.7 Å². The van der Waals surface area contributed by atoms with Crippen molar-refractivity contribution in [2.45, 2.75) is 46.5 Å². The lowest BCUT2D eigenvalue weighted by molar-refractivity contribution is -0.133. The average molecular weight is 295 g/mol. The number of likely N-dealkylation sites (tertiary alicyclic amines) is 1. The van der Waals surface area contributed by atoms with Crippen LogP contribution in [-0.4, -0.2) is 50.6 Å². The van der Waals surface area contributed by atoms with Crippen molar-refractivity contribution < 1.29 is 4.79 Å². The Labute approximate surface area is 130 Å². The fraction of sp³-hybridized carbons (Fsp3) is 0.941. The van der Waals surface area contributed by atoms with Gasteiger partial charge in [-0.3, -0.25) is 4.79 Å². The highest BCUT2D eigenvalue weighted by molar-refractivity contribution is 5.82. The van der Waals surface area contributed by atoms with E-state index in [1.54, 1.807) is 0 Å². The predicted octanol–water partition coefficient (Wildman–Crippen LogP) is 1.86. The molecule has 2 fully saturated rings. The monoisotopic (exact) mass is 295 g/mol. The summed E-state index contributed by atoms with van der Waals surface area (Å²) in [6.07, 6.45) is 4.70. The van der Waals surface area contributed by atoms with Gasteiger partial charge in [-0.25, -0.2) is 0 Å². The zero-order valence-corrected chi connectivity index (χ0v) is 14.3. The van der Waals surface area contributed by atoms with Crippen LogP contribution in [0.4, 0.5) is 0 Å². The third-order valence-electron chi connectivity index (χ3n) is 5.77. The van der Waals surface area contributed by atoms with E-state index in [0.29, 0.717) is 5.92 Å². The lowest BCUT2D eigenvalue weighted by atomic mass is 9.73. The molecule has 1 atom stereocenters. The van der Waals surface area contributed by atoms with E-state index in [2.05, 4.69) is 43.4 Å². The molecule has 2 heterocycles. The predicted molar refractivity (Wildman–Crippen MR) is 87.2 cm³/mol. The number of amides is 1. The fourth-order valence-electron chi connectivity index (χ4n) is 3.51. The van der Waals surface area contributed by atoms with Crippen LogP contribution in [0.25, 0.3) is 0 Å². The van der Waals surface area contributed by atoms with E-state index in [1.807, 2.05) is 0 Å². The van der Waals surface area contributed by atoms with Gasteiger partial charge in [0.2, 0.25) is 5.91 Å². The second-order valence-electron chi connectivity index (χ2n) is 8.06. The van der Waals surface area contributed by atoms with Crippen LogP contribution in [-0.2, 0) is 4.79 Å². The van der Waals surface area contributed by atoms with Crippen molar-refractivity contribution in [3.63, 3.8) is 0 Å². The van der Waals surface area contributed by atoms with Crippen LogP contribution in [0.1, 0.15) is 46.5 Å². The summed E-state index contributed by atoms with van der Waals surface area (Å²) in [6, 6.07) is 0. The van der Waals surface area contributed by atoms with Crippen LogP contribution in [0.15, 0.2) is 0 Å². The molecule has 0 radical (unpaired) electrons. The van der Waals surface area contributed by atoms with E-state index in [4.69, 9.17) is 0 Å². The molecule has 2 aliphatic heterocycles. The lowest BCUT2D eigenvalue weighted by Gasteiger charge is -2.40. The van der Waals surface area contributed by atoms with Crippen molar-refractivity contribution in [3.05, 3.63) is 0 Å². The molecule has 0 aliphatic carbocycles. The van der Waals surface area contributed by atoms with Gasteiger partial charge in [-0.1, -0.05) is 20.8 Å². The molecule has 2 aliphatic rings. The first-order valence-electron chi connectivity index (χ1n) is 8.51. The van der Waals surface area contributed by atoms with Crippen molar-refractivity contribution in [2.75, 3.05) is 39.8 Å². The molecule has 1 amide bonds. The Balaban J connectivity index is 1.85. The molecule has 4 nitrogen and oxygen atoms in total. The van der Waals surface area contributed by atoms with Crippen molar-refractivity contribution in [1.29, 1.82) is 0 Å². The molecular formula is C17H33N3O. The molecule has 4 heteroatoms. The van der Waals surface area contributed by atoms with Crippen LogP contribution in [0.2, 0.25) is 0 Å². The van der Waals surface area contributed by atoms with Crippen LogP contribution in [0.3, 0.4) is 0 Å². The summed E-state index contributed by atoms with van der Waals surface area (Å²) in [5.74, 6) is 0.688. The lowest BCUT2D eigenvalue weighted by Crippen LogP contribution is -2.50. The largest absolute Gasteiger partial charge is 0.355 e. The molecule has 0 aromatic heterocycles. The average Bonchev–Trinajstić information content (AvgIpc) is 2.49. The zero-order valence-electron chi connectivity index (χ0n) is 14.3. The highest BCUT2D eigenvalue weighted by Gasteiger charge is 2.38. The summed E-state index contributed by atoms with van der Waals surface area (Å²) >= 11 is 0. The number of nitrogens with one attached hydrogen (secondary N) is 2. The van der Waals surface area contributed by atoms with Gasteiger partial charge in [-0.15, -0.1) is 0 Å². The Hall–Kier alpha value is -0.610. The minimum absolute atomic E-state index is 0.233. The molecule has 0 bridgehead atoms. The Kier molecular flexibility index (Phi) is 5.31. The van der Waals surface area contributed by atoms with Crippen LogP contribution < -0.4 is 10.6 Å². The SMILES string of the molecule is CN1CCC(C)(CNC(=O)C(C)(C)C2CCCNC2)CC1. The molecule has 122 valence electrons. The van der Waals surface area contributed by atoms with E-state index in [9.17, 15) is 4.79 Å². The normalized spacial score (nSPS) is 27.3. The summed E-state index contributed by atoms with van der Waals surface area (Å²) in [5, 5.41) is 6.69. The molecule has 0 saturated carbocycles. The highest BCUT2D eigenvalue weighted by Crippen LogP contribution is 2.33. The van der Waals surface area contributed by atoms with Gasteiger partial charge in [0, 0.05) is 12.0 Å². The molecule has 21 heavy (non-hydrogen) atoms. The first-order valence-corrected chi connectivity index (χ1v) is 8.51. The van der Waals surface area contributed by atoms with E-state index in [-0.39, 0.29) is 16.7 Å². The Bertz CT molecular complexity index is 353. The Morgan fingerprint density at radius 1 is 1.38 bits per heavy atom. The van der Waals surface area contributed by atoms with E-state index in [1.165, 1.54) is 19.3 Å². The van der Waals surface area contributed by atoms with Gasteiger partial charge in [0.05, 0.1) is 0 Å². The Morgan fingerprint density at radius 2 is 2.05 bits per heavy atom.